The highest BCUT2D eigenvalue weighted by Crippen LogP contribution is 2.14. The molecule has 0 aliphatic rings. The van der Waals surface area contributed by atoms with Gasteiger partial charge in [-0.3, -0.25) is 10.1 Å². The minimum absolute atomic E-state index is 0.117. The standard InChI is InChI=1S/C15H21NO3/c1-5-6-13(17)11-7-9-12(10-8-11)16-14(18)19-15(2,3)4/h7-10H,5-6H2,1-4H3,(H,16,18). The van der Waals surface area contributed by atoms with E-state index in [2.05, 4.69) is 5.32 Å². The fourth-order valence-electron chi connectivity index (χ4n) is 1.53. The van der Waals surface area contributed by atoms with E-state index < -0.39 is 11.7 Å². The molecule has 19 heavy (non-hydrogen) atoms. The second-order valence-corrected chi connectivity index (χ2v) is 5.38. The number of ketones is 1. The molecule has 0 aliphatic heterocycles. The number of hydrogen-bond donors (Lipinski definition) is 1. The molecule has 1 rings (SSSR count). The summed E-state index contributed by atoms with van der Waals surface area (Å²) in [5, 5.41) is 2.62. The number of rotatable bonds is 4. The fraction of sp³-hybridized carbons (Fsp3) is 0.467. The Kier molecular flexibility index (Phi) is 5.10. The van der Waals surface area contributed by atoms with Crippen LogP contribution in [-0.2, 0) is 4.74 Å². The Morgan fingerprint density at radius 3 is 2.21 bits per heavy atom. The van der Waals surface area contributed by atoms with Crippen LogP contribution in [0.15, 0.2) is 24.3 Å². The maximum atomic E-state index is 11.7. The maximum absolute atomic E-state index is 11.7. The van der Waals surface area contributed by atoms with Crippen molar-refractivity contribution in [2.75, 3.05) is 5.32 Å². The monoisotopic (exact) mass is 263 g/mol. The lowest BCUT2D eigenvalue weighted by Crippen LogP contribution is -2.27. The largest absolute Gasteiger partial charge is 0.444 e. The van der Waals surface area contributed by atoms with Gasteiger partial charge in [0.05, 0.1) is 0 Å². The number of benzene rings is 1. The summed E-state index contributed by atoms with van der Waals surface area (Å²) in [6, 6.07) is 6.83. The van der Waals surface area contributed by atoms with Crippen LogP contribution in [0, 0.1) is 0 Å². The zero-order valence-corrected chi connectivity index (χ0v) is 11.9. The molecular formula is C15H21NO3. The predicted molar refractivity (Wildman–Crippen MR) is 75.5 cm³/mol. The second-order valence-electron chi connectivity index (χ2n) is 5.38. The number of nitrogens with one attached hydrogen (secondary N) is 1. The Balaban J connectivity index is 2.62. The summed E-state index contributed by atoms with van der Waals surface area (Å²) in [7, 11) is 0. The minimum atomic E-state index is -0.527. The quantitative estimate of drug-likeness (QED) is 0.835. The van der Waals surface area contributed by atoms with Gasteiger partial charge in [0, 0.05) is 17.7 Å². The molecule has 0 bridgehead atoms. The van der Waals surface area contributed by atoms with Gasteiger partial charge < -0.3 is 4.74 Å². The van der Waals surface area contributed by atoms with E-state index in [0.717, 1.165) is 6.42 Å². The molecule has 0 aliphatic carbocycles. The van der Waals surface area contributed by atoms with E-state index in [1.165, 1.54) is 0 Å². The zero-order valence-electron chi connectivity index (χ0n) is 11.9. The number of anilines is 1. The van der Waals surface area contributed by atoms with Gasteiger partial charge in [0.15, 0.2) is 5.78 Å². The van der Waals surface area contributed by atoms with Crippen LogP contribution in [0.5, 0.6) is 0 Å². The van der Waals surface area contributed by atoms with Crippen molar-refractivity contribution in [3.63, 3.8) is 0 Å². The molecule has 1 N–H and O–H groups in total. The van der Waals surface area contributed by atoms with Crippen LogP contribution < -0.4 is 5.32 Å². The van der Waals surface area contributed by atoms with Crippen molar-refractivity contribution in [3.05, 3.63) is 29.8 Å². The van der Waals surface area contributed by atoms with Crippen LogP contribution in [0.2, 0.25) is 0 Å². The highest BCUT2D eigenvalue weighted by Gasteiger charge is 2.16. The van der Waals surface area contributed by atoms with Gasteiger partial charge in [0.1, 0.15) is 5.60 Å². The molecule has 1 aromatic rings. The van der Waals surface area contributed by atoms with Gasteiger partial charge in [0.25, 0.3) is 0 Å². The van der Waals surface area contributed by atoms with Gasteiger partial charge in [-0.2, -0.15) is 0 Å². The average molecular weight is 263 g/mol. The topological polar surface area (TPSA) is 55.4 Å². The van der Waals surface area contributed by atoms with E-state index in [9.17, 15) is 9.59 Å². The highest BCUT2D eigenvalue weighted by atomic mass is 16.6. The summed E-state index contributed by atoms with van der Waals surface area (Å²) < 4.78 is 5.14. The Morgan fingerprint density at radius 1 is 1.16 bits per heavy atom. The highest BCUT2D eigenvalue weighted by molar-refractivity contribution is 5.96. The molecule has 0 aromatic heterocycles. The second kappa shape index (κ2) is 6.36. The van der Waals surface area contributed by atoms with E-state index in [0.29, 0.717) is 17.7 Å². The summed E-state index contributed by atoms with van der Waals surface area (Å²) in [6.07, 6.45) is 0.871. The van der Waals surface area contributed by atoms with Crippen LogP contribution in [0.1, 0.15) is 50.9 Å². The lowest BCUT2D eigenvalue weighted by molar-refractivity contribution is 0.0636. The third kappa shape index (κ3) is 5.55. The van der Waals surface area contributed by atoms with Crippen molar-refractivity contribution in [2.45, 2.75) is 46.1 Å². The first-order valence-electron chi connectivity index (χ1n) is 6.45. The first-order chi connectivity index (χ1) is 8.81. The molecule has 4 nitrogen and oxygen atoms in total. The number of ether oxygens (including phenoxy) is 1. The van der Waals surface area contributed by atoms with Crippen LogP contribution >= 0.6 is 0 Å². The molecule has 0 radical (unpaired) electrons. The van der Waals surface area contributed by atoms with E-state index in [4.69, 9.17) is 4.74 Å². The smallest absolute Gasteiger partial charge is 0.412 e. The van der Waals surface area contributed by atoms with Crippen LogP contribution in [0.3, 0.4) is 0 Å². The molecule has 0 atom stereocenters. The van der Waals surface area contributed by atoms with Gasteiger partial charge in [-0.25, -0.2) is 4.79 Å². The Hall–Kier alpha value is -1.84. The van der Waals surface area contributed by atoms with E-state index in [1.54, 1.807) is 45.0 Å². The molecule has 0 spiro atoms. The summed E-state index contributed by atoms with van der Waals surface area (Å²) in [6.45, 7) is 7.38. The number of carbonyl (C=O) groups is 2. The normalized spacial score (nSPS) is 10.9. The first-order valence-corrected chi connectivity index (χ1v) is 6.45. The van der Waals surface area contributed by atoms with Gasteiger partial charge in [-0.05, 0) is 51.5 Å². The van der Waals surface area contributed by atoms with Crippen molar-refractivity contribution in [3.8, 4) is 0 Å². The Bertz CT molecular complexity index is 443. The van der Waals surface area contributed by atoms with Gasteiger partial charge >= 0.3 is 6.09 Å². The molecule has 104 valence electrons. The summed E-state index contributed by atoms with van der Waals surface area (Å²) >= 11 is 0. The minimum Gasteiger partial charge on any atom is -0.444 e. The van der Waals surface area contributed by atoms with Crippen molar-refractivity contribution >= 4 is 17.6 Å². The number of carbonyl (C=O) groups excluding carboxylic acids is 2. The number of hydrogen-bond acceptors (Lipinski definition) is 3. The number of amides is 1. The summed E-state index contributed by atoms with van der Waals surface area (Å²) in [4.78, 5) is 23.2. The predicted octanol–water partition coefficient (Wildman–Crippen LogP) is 4.02. The SMILES string of the molecule is CCCC(=O)c1ccc(NC(=O)OC(C)(C)C)cc1. The molecule has 1 aromatic carbocycles. The Morgan fingerprint density at radius 2 is 1.74 bits per heavy atom. The molecule has 0 saturated carbocycles. The molecule has 0 unspecified atom stereocenters. The zero-order chi connectivity index (χ0) is 14.5. The van der Waals surface area contributed by atoms with Gasteiger partial charge in [0.2, 0.25) is 0 Å². The molecular weight excluding hydrogens is 242 g/mol. The van der Waals surface area contributed by atoms with Crippen LogP contribution in [0.25, 0.3) is 0 Å². The summed E-state index contributed by atoms with van der Waals surface area (Å²) in [5.41, 5.74) is 0.750. The first kappa shape index (κ1) is 15.2. The summed E-state index contributed by atoms with van der Waals surface area (Å²) in [5.74, 6) is 0.117. The van der Waals surface area contributed by atoms with Crippen LogP contribution in [0.4, 0.5) is 10.5 Å². The van der Waals surface area contributed by atoms with Crippen LogP contribution in [-0.4, -0.2) is 17.5 Å². The van der Waals surface area contributed by atoms with E-state index in [1.807, 2.05) is 6.92 Å². The molecule has 0 heterocycles. The molecule has 0 saturated heterocycles. The van der Waals surface area contributed by atoms with Crippen molar-refractivity contribution in [1.82, 2.24) is 0 Å². The third-order valence-electron chi connectivity index (χ3n) is 2.33. The van der Waals surface area contributed by atoms with Gasteiger partial charge in [-0.15, -0.1) is 0 Å². The van der Waals surface area contributed by atoms with Crippen molar-refractivity contribution in [2.24, 2.45) is 0 Å². The van der Waals surface area contributed by atoms with Gasteiger partial charge in [-0.1, -0.05) is 6.92 Å². The van der Waals surface area contributed by atoms with E-state index in [-0.39, 0.29) is 5.78 Å². The van der Waals surface area contributed by atoms with Crippen molar-refractivity contribution < 1.29 is 14.3 Å². The maximum Gasteiger partial charge on any atom is 0.412 e. The lowest BCUT2D eigenvalue weighted by atomic mass is 10.1. The third-order valence-corrected chi connectivity index (χ3v) is 2.33. The van der Waals surface area contributed by atoms with Crippen molar-refractivity contribution in [1.29, 1.82) is 0 Å². The number of Topliss-reactive ketones (excluding diaryl/α,β-unsaturated/α-hetero) is 1. The molecule has 0 fully saturated rings. The van der Waals surface area contributed by atoms with E-state index >= 15 is 0 Å². The molecule has 4 heteroatoms. The lowest BCUT2D eigenvalue weighted by Gasteiger charge is -2.19. The average Bonchev–Trinajstić information content (AvgIpc) is 2.27. The molecule has 1 amide bonds. The Labute approximate surface area is 114 Å². The fourth-order valence-corrected chi connectivity index (χ4v) is 1.53.